The van der Waals surface area contributed by atoms with Crippen LogP contribution in [-0.2, 0) is 4.74 Å². The number of aromatic nitrogens is 1. The second-order valence-corrected chi connectivity index (χ2v) is 4.78. The van der Waals surface area contributed by atoms with E-state index >= 15 is 0 Å². The van der Waals surface area contributed by atoms with Gasteiger partial charge in [-0.1, -0.05) is 0 Å². The molecule has 16 heavy (non-hydrogen) atoms. The summed E-state index contributed by atoms with van der Waals surface area (Å²) < 4.78 is 6.18. The number of aliphatic hydroxyl groups is 3. The van der Waals surface area contributed by atoms with Gasteiger partial charge in [0.25, 0.3) is 0 Å². The summed E-state index contributed by atoms with van der Waals surface area (Å²) in [5.74, 6) is 0. The molecule has 0 amide bonds. The SMILES string of the molecule is OC[C@H]1O[C@@H](c2ccnc(I)c2)[C@H](O)[C@@H]1O. The Balaban J connectivity index is 2.23. The van der Waals surface area contributed by atoms with Crippen molar-refractivity contribution in [3.8, 4) is 0 Å². The molecule has 1 aliphatic heterocycles. The summed E-state index contributed by atoms with van der Waals surface area (Å²) in [5.41, 5.74) is 0.752. The molecule has 0 radical (unpaired) electrons. The summed E-state index contributed by atoms with van der Waals surface area (Å²) in [5, 5.41) is 28.4. The van der Waals surface area contributed by atoms with Gasteiger partial charge in [-0.05, 0) is 40.3 Å². The van der Waals surface area contributed by atoms with Crippen molar-refractivity contribution >= 4 is 22.6 Å². The predicted molar refractivity (Wildman–Crippen MR) is 63.7 cm³/mol. The van der Waals surface area contributed by atoms with E-state index in [1.54, 1.807) is 18.3 Å². The van der Waals surface area contributed by atoms with Crippen LogP contribution in [-0.4, -0.2) is 45.2 Å². The van der Waals surface area contributed by atoms with Crippen LogP contribution in [0.1, 0.15) is 11.7 Å². The van der Waals surface area contributed by atoms with Crippen LogP contribution >= 0.6 is 22.6 Å². The fraction of sp³-hybridized carbons (Fsp3) is 0.500. The maximum Gasteiger partial charge on any atom is 0.113 e. The number of aliphatic hydroxyl groups excluding tert-OH is 3. The first-order chi connectivity index (χ1) is 7.63. The van der Waals surface area contributed by atoms with Gasteiger partial charge in [0, 0.05) is 6.20 Å². The highest BCUT2D eigenvalue weighted by Crippen LogP contribution is 2.33. The van der Waals surface area contributed by atoms with Crippen LogP contribution in [0.25, 0.3) is 0 Å². The molecule has 5 nitrogen and oxygen atoms in total. The van der Waals surface area contributed by atoms with E-state index in [2.05, 4.69) is 27.6 Å². The molecule has 0 saturated carbocycles. The fourth-order valence-electron chi connectivity index (χ4n) is 1.77. The standard InChI is InChI=1S/C10H12INO4/c11-7-3-5(1-2-12-7)10-9(15)8(14)6(4-13)16-10/h1-3,6,8-10,13-15H,4H2/t6-,8-,9-,10+/m1/s1. The molecule has 2 rings (SSSR count). The minimum atomic E-state index is -1.05. The third-order valence-electron chi connectivity index (χ3n) is 2.62. The normalized spacial score (nSPS) is 34.2. The molecule has 4 atom stereocenters. The van der Waals surface area contributed by atoms with Gasteiger partial charge in [-0.3, -0.25) is 4.98 Å². The number of rotatable bonds is 2. The van der Waals surface area contributed by atoms with Crippen molar-refractivity contribution in [2.24, 2.45) is 0 Å². The van der Waals surface area contributed by atoms with E-state index in [0.29, 0.717) is 0 Å². The molecule has 1 aliphatic rings. The molecular weight excluding hydrogens is 325 g/mol. The number of nitrogens with zero attached hydrogens (tertiary/aromatic N) is 1. The first kappa shape index (κ1) is 12.2. The number of ether oxygens (including phenoxy) is 1. The highest BCUT2D eigenvalue weighted by molar-refractivity contribution is 14.1. The van der Waals surface area contributed by atoms with E-state index in [9.17, 15) is 10.2 Å². The molecule has 0 spiro atoms. The lowest BCUT2D eigenvalue weighted by molar-refractivity contribution is -0.0228. The van der Waals surface area contributed by atoms with Gasteiger partial charge in [0.2, 0.25) is 0 Å². The highest BCUT2D eigenvalue weighted by atomic mass is 127. The molecule has 1 aromatic rings. The Kier molecular flexibility index (Phi) is 3.75. The molecular formula is C10H12INO4. The number of hydrogen-bond acceptors (Lipinski definition) is 5. The number of hydrogen-bond donors (Lipinski definition) is 3. The number of pyridine rings is 1. The van der Waals surface area contributed by atoms with Crippen LogP contribution in [0.2, 0.25) is 0 Å². The molecule has 0 unspecified atom stereocenters. The van der Waals surface area contributed by atoms with Gasteiger partial charge in [-0.15, -0.1) is 0 Å². The zero-order chi connectivity index (χ0) is 11.7. The van der Waals surface area contributed by atoms with Crippen LogP contribution in [0.3, 0.4) is 0 Å². The monoisotopic (exact) mass is 337 g/mol. The number of halogens is 1. The van der Waals surface area contributed by atoms with Crippen LogP contribution in [0.5, 0.6) is 0 Å². The van der Waals surface area contributed by atoms with Crippen molar-refractivity contribution in [2.75, 3.05) is 6.61 Å². The highest BCUT2D eigenvalue weighted by Gasteiger charge is 2.42. The Morgan fingerprint density at radius 3 is 2.69 bits per heavy atom. The average molecular weight is 337 g/mol. The van der Waals surface area contributed by atoms with Crippen LogP contribution in [0.15, 0.2) is 18.3 Å². The topological polar surface area (TPSA) is 82.8 Å². The van der Waals surface area contributed by atoms with Gasteiger partial charge >= 0.3 is 0 Å². The van der Waals surface area contributed by atoms with Gasteiger partial charge in [0.15, 0.2) is 0 Å². The third kappa shape index (κ3) is 2.21. The molecule has 0 bridgehead atoms. The summed E-state index contributed by atoms with van der Waals surface area (Å²) in [6, 6.07) is 3.50. The van der Waals surface area contributed by atoms with Crippen LogP contribution in [0.4, 0.5) is 0 Å². The lowest BCUT2D eigenvalue weighted by Crippen LogP contribution is -2.32. The zero-order valence-corrected chi connectivity index (χ0v) is 10.5. The summed E-state index contributed by atoms with van der Waals surface area (Å²) in [6.07, 6.45) is -1.79. The lowest BCUT2D eigenvalue weighted by atomic mass is 10.0. The zero-order valence-electron chi connectivity index (χ0n) is 8.32. The van der Waals surface area contributed by atoms with E-state index in [0.717, 1.165) is 9.26 Å². The van der Waals surface area contributed by atoms with Crippen molar-refractivity contribution in [1.29, 1.82) is 0 Å². The lowest BCUT2D eigenvalue weighted by Gasteiger charge is -2.14. The molecule has 3 N–H and O–H groups in total. The Bertz CT molecular complexity index is 376. The van der Waals surface area contributed by atoms with Gasteiger partial charge in [-0.25, -0.2) is 0 Å². The smallest absolute Gasteiger partial charge is 0.113 e. The third-order valence-corrected chi connectivity index (χ3v) is 3.21. The fourth-order valence-corrected chi connectivity index (χ4v) is 2.29. The maximum absolute atomic E-state index is 9.79. The minimum absolute atomic E-state index is 0.309. The van der Waals surface area contributed by atoms with Crippen molar-refractivity contribution in [3.05, 3.63) is 27.6 Å². The minimum Gasteiger partial charge on any atom is -0.394 e. The molecule has 1 saturated heterocycles. The molecule has 1 aromatic heterocycles. The van der Waals surface area contributed by atoms with Gasteiger partial charge in [0.05, 0.1) is 6.61 Å². The van der Waals surface area contributed by atoms with E-state index in [1.165, 1.54) is 0 Å². The summed E-state index contributed by atoms with van der Waals surface area (Å²) >= 11 is 2.06. The largest absolute Gasteiger partial charge is 0.394 e. The Hall–Kier alpha value is -0.280. The predicted octanol–water partition coefficient (Wildman–Crippen LogP) is -0.160. The first-order valence-corrected chi connectivity index (χ1v) is 5.95. The molecule has 1 fully saturated rings. The summed E-state index contributed by atoms with van der Waals surface area (Å²) in [4.78, 5) is 4.03. The molecule has 0 aliphatic carbocycles. The molecule has 0 aromatic carbocycles. The molecule has 88 valence electrons. The quantitative estimate of drug-likeness (QED) is 0.516. The molecule has 6 heteroatoms. The van der Waals surface area contributed by atoms with Gasteiger partial charge in [0.1, 0.15) is 28.1 Å². The summed E-state index contributed by atoms with van der Waals surface area (Å²) in [6.45, 7) is -0.309. The Labute approximate surface area is 106 Å². The van der Waals surface area contributed by atoms with Crippen molar-refractivity contribution in [1.82, 2.24) is 4.98 Å². The van der Waals surface area contributed by atoms with E-state index in [1.807, 2.05) is 0 Å². The van der Waals surface area contributed by atoms with Crippen molar-refractivity contribution in [3.63, 3.8) is 0 Å². The summed E-state index contributed by atoms with van der Waals surface area (Å²) in [7, 11) is 0. The van der Waals surface area contributed by atoms with E-state index < -0.39 is 24.4 Å². The van der Waals surface area contributed by atoms with Crippen LogP contribution < -0.4 is 0 Å². The van der Waals surface area contributed by atoms with Crippen molar-refractivity contribution < 1.29 is 20.1 Å². The van der Waals surface area contributed by atoms with E-state index in [4.69, 9.17) is 9.84 Å². The van der Waals surface area contributed by atoms with E-state index in [-0.39, 0.29) is 6.61 Å². The second kappa shape index (κ2) is 4.92. The Morgan fingerprint density at radius 1 is 1.38 bits per heavy atom. The van der Waals surface area contributed by atoms with Gasteiger partial charge in [-0.2, -0.15) is 0 Å². The van der Waals surface area contributed by atoms with Crippen molar-refractivity contribution in [2.45, 2.75) is 24.4 Å². The average Bonchev–Trinajstić information content (AvgIpc) is 2.56. The Morgan fingerprint density at radius 2 is 2.12 bits per heavy atom. The molecule has 2 heterocycles. The second-order valence-electron chi connectivity index (χ2n) is 3.67. The van der Waals surface area contributed by atoms with Crippen LogP contribution in [0, 0.1) is 3.70 Å². The maximum atomic E-state index is 9.79. The first-order valence-electron chi connectivity index (χ1n) is 4.87. The van der Waals surface area contributed by atoms with Gasteiger partial charge < -0.3 is 20.1 Å².